The summed E-state index contributed by atoms with van der Waals surface area (Å²) in [6.45, 7) is 18.0. The summed E-state index contributed by atoms with van der Waals surface area (Å²) in [7, 11) is 0. The molecular weight excluding hydrogens is 572 g/mol. The quantitative estimate of drug-likeness (QED) is 0.0862. The Bertz CT molecular complexity index is 1550. The first-order valence-electron chi connectivity index (χ1n) is 15.8. The molecular formula is C45H54O2. The van der Waals surface area contributed by atoms with E-state index in [1.807, 2.05) is 62.5 Å². The molecule has 0 bridgehead atoms. The fraction of sp³-hybridized carbons (Fsp3) is 0.200. The first kappa shape index (κ1) is 41.9. The molecule has 0 unspecified atom stereocenters. The molecule has 0 spiro atoms. The summed E-state index contributed by atoms with van der Waals surface area (Å²) >= 11 is 0. The van der Waals surface area contributed by atoms with Gasteiger partial charge in [0.2, 0.25) is 0 Å². The zero-order valence-electron chi connectivity index (χ0n) is 29.9. The standard InChI is InChI=1S/C45H54O2/c1-37(21-12-23-39(3)25-14-26-41(5)28-16-30-43(7)32-18-34-45(9)36-47)19-10-11-20-38(2)22-13-24-40(4)27-15-29-42(6)31-17-33-44(8)35-46/h10-36H,1-9H3/b11-10+,21-12+,22-13+,25-14+,27-15+,28-16+,31-17+,32-18+,37-19+,38-20+,39-23+,40-24+,41-26+,42-29+,43-30+,44-33+,45-34+. The van der Waals surface area contributed by atoms with Gasteiger partial charge < -0.3 is 0 Å². The normalized spacial score (nSPS) is 16.4. The predicted molar refractivity (Wildman–Crippen MR) is 209 cm³/mol. The highest BCUT2D eigenvalue weighted by molar-refractivity contribution is 5.73. The second-order valence-electron chi connectivity index (χ2n) is 11.3. The second-order valence-corrected chi connectivity index (χ2v) is 11.3. The molecule has 0 aromatic heterocycles. The van der Waals surface area contributed by atoms with Crippen molar-refractivity contribution < 1.29 is 9.59 Å². The molecule has 0 saturated carbocycles. The molecule has 246 valence electrons. The Kier molecular flexibility index (Phi) is 24.3. The van der Waals surface area contributed by atoms with E-state index in [-0.39, 0.29) is 0 Å². The summed E-state index contributed by atoms with van der Waals surface area (Å²) in [5.41, 5.74) is 9.44. The van der Waals surface area contributed by atoms with Crippen LogP contribution in [0.2, 0.25) is 0 Å². The maximum Gasteiger partial charge on any atom is 0.145 e. The van der Waals surface area contributed by atoms with Crippen LogP contribution in [-0.4, -0.2) is 12.6 Å². The fourth-order valence-corrected chi connectivity index (χ4v) is 3.34. The summed E-state index contributed by atoms with van der Waals surface area (Å²) in [6.07, 6.45) is 52.3. The lowest BCUT2D eigenvalue weighted by atomic mass is 10.2. The number of aldehydes is 2. The molecule has 0 heterocycles. The Morgan fingerprint density at radius 3 is 0.553 bits per heavy atom. The molecule has 2 heteroatoms. The Morgan fingerprint density at radius 1 is 0.234 bits per heavy atom. The van der Waals surface area contributed by atoms with Crippen molar-refractivity contribution in [3.8, 4) is 0 Å². The molecule has 0 aliphatic carbocycles. The van der Waals surface area contributed by atoms with Gasteiger partial charge in [-0.1, -0.05) is 191 Å². The molecule has 0 aliphatic rings. The molecule has 0 amide bonds. The van der Waals surface area contributed by atoms with E-state index in [2.05, 4.69) is 126 Å². The van der Waals surface area contributed by atoms with E-state index in [4.69, 9.17) is 0 Å². The van der Waals surface area contributed by atoms with Crippen LogP contribution < -0.4 is 0 Å². The number of hydrogen-bond donors (Lipinski definition) is 0. The molecule has 0 atom stereocenters. The average Bonchev–Trinajstić information content (AvgIpc) is 3.02. The lowest BCUT2D eigenvalue weighted by Gasteiger charge is -1.91. The van der Waals surface area contributed by atoms with Gasteiger partial charge in [0.1, 0.15) is 12.6 Å². The van der Waals surface area contributed by atoms with Crippen molar-refractivity contribution in [2.24, 2.45) is 0 Å². The van der Waals surface area contributed by atoms with Gasteiger partial charge in [0.15, 0.2) is 0 Å². The van der Waals surface area contributed by atoms with Crippen LogP contribution in [-0.2, 0) is 9.59 Å². The summed E-state index contributed by atoms with van der Waals surface area (Å²) in [5, 5.41) is 0. The average molecular weight is 627 g/mol. The van der Waals surface area contributed by atoms with Crippen LogP contribution in [0.3, 0.4) is 0 Å². The molecule has 0 rings (SSSR count). The maximum atomic E-state index is 10.6. The summed E-state index contributed by atoms with van der Waals surface area (Å²) in [5.74, 6) is 0. The van der Waals surface area contributed by atoms with Crippen molar-refractivity contribution in [2.45, 2.75) is 62.3 Å². The molecule has 0 radical (unpaired) electrons. The van der Waals surface area contributed by atoms with E-state index < -0.39 is 0 Å². The van der Waals surface area contributed by atoms with E-state index in [0.717, 1.165) is 34.9 Å². The van der Waals surface area contributed by atoms with Crippen molar-refractivity contribution >= 4 is 12.6 Å². The number of carbonyl (C=O) groups excluding carboxylic acids is 2. The summed E-state index contributed by atoms with van der Waals surface area (Å²) in [6, 6.07) is 0. The van der Waals surface area contributed by atoms with Gasteiger partial charge in [0.05, 0.1) is 0 Å². The highest BCUT2D eigenvalue weighted by Crippen LogP contribution is 2.05. The van der Waals surface area contributed by atoms with Gasteiger partial charge >= 0.3 is 0 Å². The van der Waals surface area contributed by atoms with Crippen LogP contribution in [0.1, 0.15) is 62.3 Å². The van der Waals surface area contributed by atoms with Gasteiger partial charge in [0.25, 0.3) is 0 Å². The largest absolute Gasteiger partial charge is 0.298 e. The van der Waals surface area contributed by atoms with Crippen molar-refractivity contribution in [3.05, 3.63) is 202 Å². The van der Waals surface area contributed by atoms with Crippen LogP contribution in [0.5, 0.6) is 0 Å². The third-order valence-electron chi connectivity index (χ3n) is 6.23. The van der Waals surface area contributed by atoms with Gasteiger partial charge in [-0.05, 0) is 73.5 Å². The first-order chi connectivity index (χ1) is 22.5. The van der Waals surface area contributed by atoms with Crippen molar-refractivity contribution in [2.75, 3.05) is 0 Å². The van der Waals surface area contributed by atoms with Gasteiger partial charge in [0, 0.05) is 0 Å². The minimum Gasteiger partial charge on any atom is -0.298 e. The molecule has 0 aromatic carbocycles. The molecule has 0 N–H and O–H groups in total. The smallest absolute Gasteiger partial charge is 0.145 e. The van der Waals surface area contributed by atoms with Crippen LogP contribution in [0.4, 0.5) is 0 Å². The van der Waals surface area contributed by atoms with Gasteiger partial charge in [-0.15, -0.1) is 0 Å². The number of allylic oxidation sites excluding steroid dienone is 34. The van der Waals surface area contributed by atoms with Crippen LogP contribution in [0.15, 0.2) is 202 Å². The lowest BCUT2D eigenvalue weighted by molar-refractivity contribution is -0.105. The molecule has 0 saturated heterocycles. The Morgan fingerprint density at radius 2 is 0.383 bits per heavy atom. The second kappa shape index (κ2) is 27.2. The summed E-state index contributed by atoms with van der Waals surface area (Å²) in [4.78, 5) is 21.2. The number of rotatable bonds is 18. The minimum atomic E-state index is 0.703. The highest BCUT2D eigenvalue weighted by Gasteiger charge is 1.85. The zero-order chi connectivity index (χ0) is 35.3. The topological polar surface area (TPSA) is 34.1 Å². The summed E-state index contributed by atoms with van der Waals surface area (Å²) < 4.78 is 0. The lowest BCUT2D eigenvalue weighted by Crippen LogP contribution is -1.73. The Hall–Kier alpha value is -5.08. The van der Waals surface area contributed by atoms with Gasteiger partial charge in [-0.25, -0.2) is 0 Å². The van der Waals surface area contributed by atoms with Crippen LogP contribution in [0.25, 0.3) is 0 Å². The first-order valence-corrected chi connectivity index (χ1v) is 15.8. The fourth-order valence-electron chi connectivity index (χ4n) is 3.34. The number of carbonyl (C=O) groups is 2. The van der Waals surface area contributed by atoms with E-state index in [1.165, 1.54) is 16.7 Å². The third kappa shape index (κ3) is 27.0. The SMILES string of the molecule is C\C(C=O)=C/C=C/C(C)=C/C=C/C(C)=C/C=C/C(C)=C/C=C/C=C(C)/C=C/C=C(C)/C=C/C=C(C)/C=C/C=C(C)/C=C/C=C(\C)C=O. The molecule has 2 nitrogen and oxygen atoms in total. The van der Waals surface area contributed by atoms with E-state index in [9.17, 15) is 9.59 Å². The monoisotopic (exact) mass is 626 g/mol. The highest BCUT2D eigenvalue weighted by atomic mass is 16.1. The molecule has 0 fully saturated rings. The molecule has 0 aliphatic heterocycles. The van der Waals surface area contributed by atoms with E-state index >= 15 is 0 Å². The Labute approximate surface area is 285 Å². The van der Waals surface area contributed by atoms with Crippen molar-refractivity contribution in [1.29, 1.82) is 0 Å². The number of hydrogen-bond acceptors (Lipinski definition) is 2. The van der Waals surface area contributed by atoms with Crippen LogP contribution >= 0.6 is 0 Å². The minimum absolute atomic E-state index is 0.703. The predicted octanol–water partition coefficient (Wildman–Crippen LogP) is 12.4. The third-order valence-corrected chi connectivity index (χ3v) is 6.23. The molecule has 47 heavy (non-hydrogen) atoms. The van der Waals surface area contributed by atoms with E-state index in [1.54, 1.807) is 26.0 Å². The Balaban J connectivity index is 4.88. The van der Waals surface area contributed by atoms with Gasteiger partial charge in [-0.3, -0.25) is 9.59 Å². The molecule has 0 aromatic rings. The van der Waals surface area contributed by atoms with Crippen LogP contribution in [0, 0.1) is 0 Å². The van der Waals surface area contributed by atoms with Crippen molar-refractivity contribution in [3.63, 3.8) is 0 Å². The van der Waals surface area contributed by atoms with E-state index in [0.29, 0.717) is 11.1 Å². The van der Waals surface area contributed by atoms with Gasteiger partial charge in [-0.2, -0.15) is 0 Å². The maximum absolute atomic E-state index is 10.6. The zero-order valence-corrected chi connectivity index (χ0v) is 29.9. The van der Waals surface area contributed by atoms with Crippen molar-refractivity contribution in [1.82, 2.24) is 0 Å².